The van der Waals surface area contributed by atoms with Crippen LogP contribution in [-0.2, 0) is 5.75 Å². The molecular formula is C12H11N5O2S2. The molecule has 0 fully saturated rings. The third-order valence-corrected chi connectivity index (χ3v) is 4.66. The highest BCUT2D eigenvalue weighted by atomic mass is 32.2. The molecule has 9 heteroatoms. The van der Waals surface area contributed by atoms with Crippen LogP contribution < -0.4 is 17.0 Å². The summed E-state index contributed by atoms with van der Waals surface area (Å²) in [6.07, 6.45) is 0. The molecule has 0 aliphatic carbocycles. The third kappa shape index (κ3) is 2.71. The van der Waals surface area contributed by atoms with Crippen LogP contribution in [0.3, 0.4) is 0 Å². The average molecular weight is 321 g/mol. The second-order valence-corrected chi connectivity index (χ2v) is 6.30. The van der Waals surface area contributed by atoms with E-state index in [1.165, 1.54) is 23.1 Å². The number of carbonyl (C=O) groups is 1. The zero-order chi connectivity index (χ0) is 14.8. The highest BCUT2D eigenvalue weighted by Gasteiger charge is 2.20. The molecule has 1 amide bonds. The normalized spacial score (nSPS) is 10.9. The Morgan fingerprint density at radius 1 is 1.38 bits per heavy atom. The quantitative estimate of drug-likeness (QED) is 0.290. The first-order valence-electron chi connectivity index (χ1n) is 5.92. The first-order chi connectivity index (χ1) is 10.2. The minimum absolute atomic E-state index is 0.382. The number of aromatic nitrogens is 2. The second kappa shape index (κ2) is 5.72. The number of rotatable bonds is 4. The van der Waals surface area contributed by atoms with Crippen molar-refractivity contribution in [2.45, 2.75) is 10.1 Å². The molecule has 5 N–H and O–H groups in total. The summed E-state index contributed by atoms with van der Waals surface area (Å²) < 4.78 is 6.45. The van der Waals surface area contributed by atoms with Crippen LogP contribution in [0.1, 0.15) is 16.1 Å². The van der Waals surface area contributed by atoms with Crippen LogP contribution in [0.4, 0.5) is 5.13 Å². The first kappa shape index (κ1) is 13.9. The number of para-hydroxylation sites is 1. The van der Waals surface area contributed by atoms with E-state index in [4.69, 9.17) is 16.0 Å². The SMILES string of the molecule is NNC(=O)c1c(CSc2nnc(N)s2)oc2ccccc12. The van der Waals surface area contributed by atoms with E-state index < -0.39 is 0 Å². The van der Waals surface area contributed by atoms with Crippen LogP contribution in [0.2, 0.25) is 0 Å². The molecule has 0 saturated heterocycles. The number of nitrogen functional groups attached to an aromatic ring is 2. The minimum atomic E-state index is -0.382. The molecule has 0 atom stereocenters. The molecule has 2 aromatic heterocycles. The van der Waals surface area contributed by atoms with E-state index in [0.29, 0.717) is 32.1 Å². The van der Waals surface area contributed by atoms with Crippen molar-refractivity contribution in [2.75, 3.05) is 5.73 Å². The number of nitrogens with zero attached hydrogens (tertiary/aromatic N) is 2. The number of thioether (sulfide) groups is 1. The van der Waals surface area contributed by atoms with Gasteiger partial charge in [0.25, 0.3) is 5.91 Å². The van der Waals surface area contributed by atoms with Crippen molar-refractivity contribution in [2.24, 2.45) is 5.84 Å². The standard InChI is InChI=1S/C12H11N5O2S2/c13-11-16-17-12(21-11)20-5-8-9(10(18)15-14)6-3-1-2-4-7(6)19-8/h1-4H,5,14H2,(H2,13,16)(H,15,18). The maximum atomic E-state index is 12.0. The number of furan rings is 1. The first-order valence-corrected chi connectivity index (χ1v) is 7.72. The average Bonchev–Trinajstić information content (AvgIpc) is 3.07. The molecule has 1 aromatic carbocycles. The van der Waals surface area contributed by atoms with Crippen LogP contribution in [0.5, 0.6) is 0 Å². The number of benzene rings is 1. The van der Waals surface area contributed by atoms with Crippen LogP contribution in [0.15, 0.2) is 33.0 Å². The summed E-state index contributed by atoms with van der Waals surface area (Å²) >= 11 is 2.69. The summed E-state index contributed by atoms with van der Waals surface area (Å²) in [6, 6.07) is 7.31. The van der Waals surface area contributed by atoms with E-state index in [9.17, 15) is 4.79 Å². The van der Waals surface area contributed by atoms with Crippen molar-refractivity contribution in [3.63, 3.8) is 0 Å². The van der Waals surface area contributed by atoms with Gasteiger partial charge in [-0.2, -0.15) is 0 Å². The fourth-order valence-electron chi connectivity index (χ4n) is 1.92. The van der Waals surface area contributed by atoms with Gasteiger partial charge in [0.15, 0.2) is 4.34 Å². The maximum Gasteiger partial charge on any atom is 0.269 e. The van der Waals surface area contributed by atoms with Gasteiger partial charge in [0.2, 0.25) is 5.13 Å². The van der Waals surface area contributed by atoms with Crippen LogP contribution in [0.25, 0.3) is 11.0 Å². The minimum Gasteiger partial charge on any atom is -0.459 e. The number of carbonyl (C=O) groups excluding carboxylic acids is 1. The Morgan fingerprint density at radius 2 is 2.19 bits per heavy atom. The molecule has 3 aromatic rings. The smallest absolute Gasteiger partial charge is 0.269 e. The zero-order valence-corrected chi connectivity index (χ0v) is 12.3. The summed E-state index contributed by atoms with van der Waals surface area (Å²) in [5.41, 5.74) is 8.77. The van der Waals surface area contributed by atoms with Gasteiger partial charge in [0, 0.05) is 5.39 Å². The number of hydrogen-bond donors (Lipinski definition) is 3. The summed E-state index contributed by atoms with van der Waals surface area (Å²) in [4.78, 5) is 12.0. The highest BCUT2D eigenvalue weighted by molar-refractivity contribution is 8.00. The fourth-order valence-corrected chi connectivity index (χ4v) is 3.49. The summed E-state index contributed by atoms with van der Waals surface area (Å²) in [5, 5.41) is 8.79. The monoisotopic (exact) mass is 321 g/mol. The molecule has 0 aliphatic rings. The second-order valence-electron chi connectivity index (χ2n) is 4.06. The van der Waals surface area contributed by atoms with Crippen LogP contribution in [0, 0.1) is 0 Å². The molecule has 21 heavy (non-hydrogen) atoms. The highest BCUT2D eigenvalue weighted by Crippen LogP contribution is 2.32. The molecule has 3 rings (SSSR count). The molecular weight excluding hydrogens is 310 g/mol. The van der Waals surface area contributed by atoms with Crippen molar-refractivity contribution in [3.8, 4) is 0 Å². The predicted octanol–water partition coefficient (Wildman–Crippen LogP) is 1.76. The lowest BCUT2D eigenvalue weighted by Gasteiger charge is -2.00. The van der Waals surface area contributed by atoms with Crippen molar-refractivity contribution >= 4 is 45.1 Å². The Hall–Kier alpha value is -2.10. The lowest BCUT2D eigenvalue weighted by molar-refractivity contribution is 0.0953. The van der Waals surface area contributed by atoms with E-state index in [0.717, 1.165) is 5.39 Å². The van der Waals surface area contributed by atoms with Crippen molar-refractivity contribution in [3.05, 3.63) is 35.6 Å². The van der Waals surface area contributed by atoms with Gasteiger partial charge in [-0.25, -0.2) is 5.84 Å². The number of amides is 1. The molecule has 7 nitrogen and oxygen atoms in total. The predicted molar refractivity (Wildman–Crippen MR) is 81.8 cm³/mol. The topological polar surface area (TPSA) is 120 Å². The van der Waals surface area contributed by atoms with Gasteiger partial charge >= 0.3 is 0 Å². The largest absolute Gasteiger partial charge is 0.459 e. The lowest BCUT2D eigenvalue weighted by atomic mass is 10.1. The Bertz CT molecular complexity index is 798. The zero-order valence-electron chi connectivity index (χ0n) is 10.7. The molecule has 0 saturated carbocycles. The van der Waals surface area contributed by atoms with Gasteiger partial charge < -0.3 is 10.2 Å². The number of nitrogens with two attached hydrogens (primary N) is 2. The molecule has 0 spiro atoms. The van der Waals surface area contributed by atoms with Gasteiger partial charge in [0.1, 0.15) is 11.3 Å². The lowest BCUT2D eigenvalue weighted by Crippen LogP contribution is -2.30. The summed E-state index contributed by atoms with van der Waals surface area (Å²) in [6.45, 7) is 0. The van der Waals surface area contributed by atoms with E-state index in [2.05, 4.69) is 15.6 Å². The van der Waals surface area contributed by atoms with Crippen LogP contribution in [-0.4, -0.2) is 16.1 Å². The van der Waals surface area contributed by atoms with Gasteiger partial charge in [-0.15, -0.1) is 10.2 Å². The molecule has 0 unspecified atom stereocenters. The number of anilines is 1. The molecule has 108 valence electrons. The number of fused-ring (bicyclic) bond motifs is 1. The number of hydrazine groups is 1. The van der Waals surface area contributed by atoms with Crippen LogP contribution >= 0.6 is 23.1 Å². The summed E-state index contributed by atoms with van der Waals surface area (Å²) in [5.74, 6) is 5.84. The summed E-state index contributed by atoms with van der Waals surface area (Å²) in [7, 11) is 0. The Labute approximate surface area is 127 Å². The van der Waals surface area contributed by atoms with Gasteiger partial charge in [-0.3, -0.25) is 10.2 Å². The fraction of sp³-hybridized carbons (Fsp3) is 0.0833. The Balaban J connectivity index is 1.95. The van der Waals surface area contributed by atoms with Crippen molar-refractivity contribution in [1.29, 1.82) is 0 Å². The molecule has 0 radical (unpaired) electrons. The van der Waals surface area contributed by atoms with Gasteiger partial charge in [0.05, 0.1) is 11.3 Å². The van der Waals surface area contributed by atoms with Crippen molar-refractivity contribution in [1.82, 2.24) is 15.6 Å². The Morgan fingerprint density at radius 3 is 2.90 bits per heavy atom. The van der Waals surface area contributed by atoms with Gasteiger partial charge in [-0.05, 0) is 6.07 Å². The van der Waals surface area contributed by atoms with Crippen molar-refractivity contribution < 1.29 is 9.21 Å². The van der Waals surface area contributed by atoms with E-state index in [1.807, 2.05) is 18.2 Å². The molecule has 2 heterocycles. The van der Waals surface area contributed by atoms with E-state index in [-0.39, 0.29) is 5.91 Å². The molecule has 0 aliphatic heterocycles. The number of nitrogens with one attached hydrogen (secondary N) is 1. The van der Waals surface area contributed by atoms with E-state index >= 15 is 0 Å². The maximum absolute atomic E-state index is 12.0. The number of hydrogen-bond acceptors (Lipinski definition) is 8. The van der Waals surface area contributed by atoms with E-state index in [1.54, 1.807) is 6.07 Å². The molecule has 0 bridgehead atoms. The Kier molecular flexibility index (Phi) is 3.78. The third-order valence-electron chi connectivity index (χ3n) is 2.78. The van der Waals surface area contributed by atoms with Gasteiger partial charge in [-0.1, -0.05) is 41.3 Å².